The van der Waals surface area contributed by atoms with E-state index in [1.54, 1.807) is 0 Å². The zero-order valence-corrected chi connectivity index (χ0v) is 16.0. The predicted octanol–water partition coefficient (Wildman–Crippen LogP) is -1.39. The zero-order valence-electron chi connectivity index (χ0n) is 13.3. The molecule has 2 aliphatic heterocycles. The van der Waals surface area contributed by atoms with E-state index >= 15 is 0 Å². The number of hydrogen-bond donors (Lipinski definition) is 5. The summed E-state index contributed by atoms with van der Waals surface area (Å²) >= 11 is 0. The molecule has 0 aromatic carbocycles. The molecule has 0 radical (unpaired) electrons. The van der Waals surface area contributed by atoms with Crippen LogP contribution in [0.3, 0.4) is 0 Å². The molecule has 0 bridgehead atoms. The van der Waals surface area contributed by atoms with Crippen LogP contribution < -0.4 is 10.3 Å². The van der Waals surface area contributed by atoms with Gasteiger partial charge in [-0.15, -0.1) is 0 Å². The standard InChI is InChI=1S/C9H13N2O14P3/c12-5-1-2-11-8-7(23-9(11)10-5)6(13)4(22-8)3-21-27(17,18)25-28(19,20)24-26(14,15)16/h1-2,4,6-8,13H,3H2,(H,17,18)(H,19,20)(H2,14,15,16)/t4?,6-,7+,8+/m0/s1. The molecule has 1 fully saturated rings. The Bertz CT molecular complexity index is 958. The summed E-state index contributed by atoms with van der Waals surface area (Å²) in [6.45, 7) is -0.843. The molecule has 28 heavy (non-hydrogen) atoms. The fourth-order valence-corrected chi connectivity index (χ4v) is 5.51. The van der Waals surface area contributed by atoms with Crippen molar-refractivity contribution in [3.63, 3.8) is 0 Å². The lowest BCUT2D eigenvalue weighted by Gasteiger charge is -2.20. The summed E-state index contributed by atoms with van der Waals surface area (Å²) in [5.41, 5.74) is -0.579. The second-order valence-corrected chi connectivity index (χ2v) is 9.90. The molecule has 3 heterocycles. The first-order valence-electron chi connectivity index (χ1n) is 7.14. The van der Waals surface area contributed by atoms with Gasteiger partial charge in [0, 0.05) is 12.3 Å². The lowest BCUT2D eigenvalue weighted by Crippen LogP contribution is -2.35. The van der Waals surface area contributed by atoms with Crippen molar-refractivity contribution in [1.82, 2.24) is 9.55 Å². The molecule has 3 rings (SSSR count). The molecule has 1 aromatic heterocycles. The number of phosphoric ester groups is 1. The van der Waals surface area contributed by atoms with Crippen LogP contribution in [-0.2, 0) is 31.6 Å². The number of aromatic nitrogens is 2. The van der Waals surface area contributed by atoms with Crippen LogP contribution in [0, 0.1) is 0 Å². The first kappa shape index (κ1) is 21.7. The summed E-state index contributed by atoms with van der Waals surface area (Å²) in [6.07, 6.45) is -3.36. The van der Waals surface area contributed by atoms with Crippen molar-refractivity contribution in [1.29, 1.82) is 0 Å². The van der Waals surface area contributed by atoms with Gasteiger partial charge in [-0.3, -0.25) is 13.9 Å². The van der Waals surface area contributed by atoms with E-state index in [0.29, 0.717) is 0 Å². The van der Waals surface area contributed by atoms with Crippen molar-refractivity contribution in [3.8, 4) is 6.01 Å². The normalized spacial score (nSPS) is 30.8. The molecule has 19 heteroatoms. The fourth-order valence-electron chi connectivity index (χ4n) is 2.48. The van der Waals surface area contributed by atoms with Crippen molar-refractivity contribution in [2.45, 2.75) is 24.5 Å². The van der Waals surface area contributed by atoms with Crippen molar-refractivity contribution in [2.75, 3.05) is 6.61 Å². The highest BCUT2D eigenvalue weighted by Gasteiger charge is 2.52. The average Bonchev–Trinajstić information content (AvgIpc) is 2.98. The second-order valence-electron chi connectivity index (χ2n) is 5.48. The van der Waals surface area contributed by atoms with Crippen molar-refractivity contribution in [3.05, 3.63) is 22.6 Å². The summed E-state index contributed by atoms with van der Waals surface area (Å²) in [5.74, 6) is 0. The minimum Gasteiger partial charge on any atom is -0.453 e. The summed E-state index contributed by atoms with van der Waals surface area (Å²) in [6, 6.07) is 1.01. The largest absolute Gasteiger partial charge is 0.490 e. The summed E-state index contributed by atoms with van der Waals surface area (Å²) < 4.78 is 57.0. The van der Waals surface area contributed by atoms with Gasteiger partial charge in [-0.2, -0.15) is 13.6 Å². The predicted molar refractivity (Wildman–Crippen MR) is 82.6 cm³/mol. The third kappa shape index (κ3) is 4.94. The molecule has 1 aromatic rings. The number of ether oxygens (including phenoxy) is 2. The maximum atomic E-state index is 11.7. The third-order valence-corrected chi connectivity index (χ3v) is 7.25. The first-order chi connectivity index (χ1) is 12.8. The third-order valence-electron chi connectivity index (χ3n) is 3.45. The molecule has 0 aliphatic carbocycles. The molecule has 0 amide bonds. The molecular weight excluding hydrogens is 453 g/mol. The average molecular weight is 466 g/mol. The van der Waals surface area contributed by atoms with Crippen LogP contribution in [0.2, 0.25) is 0 Å². The van der Waals surface area contributed by atoms with Gasteiger partial charge in [-0.1, -0.05) is 0 Å². The van der Waals surface area contributed by atoms with E-state index in [4.69, 9.17) is 24.2 Å². The van der Waals surface area contributed by atoms with Gasteiger partial charge in [0.1, 0.15) is 12.2 Å². The van der Waals surface area contributed by atoms with Crippen LogP contribution in [0.5, 0.6) is 6.01 Å². The molecule has 158 valence electrons. The highest BCUT2D eigenvalue weighted by Crippen LogP contribution is 2.66. The number of phosphoric acid groups is 3. The molecule has 5 N–H and O–H groups in total. The van der Waals surface area contributed by atoms with Gasteiger partial charge in [0.2, 0.25) is 0 Å². The van der Waals surface area contributed by atoms with Crippen LogP contribution in [-0.4, -0.2) is 59.2 Å². The summed E-state index contributed by atoms with van der Waals surface area (Å²) in [7, 11) is -16.5. The zero-order chi connectivity index (χ0) is 20.9. The first-order valence-corrected chi connectivity index (χ1v) is 11.7. The minimum atomic E-state index is -5.65. The van der Waals surface area contributed by atoms with Gasteiger partial charge in [0.05, 0.1) is 6.61 Å². The number of aliphatic hydroxyl groups excluding tert-OH is 1. The fraction of sp³-hybridized carbons (Fsp3) is 0.556. The van der Waals surface area contributed by atoms with Gasteiger partial charge in [-0.25, -0.2) is 13.7 Å². The van der Waals surface area contributed by atoms with Crippen LogP contribution in [0.4, 0.5) is 0 Å². The molecular formula is C9H13N2O14P3. The summed E-state index contributed by atoms with van der Waals surface area (Å²) in [5, 5.41) is 10.2. The van der Waals surface area contributed by atoms with E-state index in [9.17, 15) is 28.5 Å². The van der Waals surface area contributed by atoms with Crippen LogP contribution in [0.25, 0.3) is 0 Å². The Labute approximate surface area is 154 Å². The molecule has 0 saturated carbocycles. The lowest BCUT2D eigenvalue weighted by molar-refractivity contribution is -0.0425. The molecule has 0 spiro atoms. The minimum absolute atomic E-state index is 0.104. The number of rotatable bonds is 7. The van der Waals surface area contributed by atoms with Crippen LogP contribution in [0.1, 0.15) is 6.23 Å². The van der Waals surface area contributed by atoms with Gasteiger partial charge < -0.3 is 34.2 Å². The summed E-state index contributed by atoms with van der Waals surface area (Å²) in [4.78, 5) is 50.1. The Morgan fingerprint density at radius 3 is 2.46 bits per heavy atom. The maximum Gasteiger partial charge on any atom is 0.490 e. The number of fused-ring (bicyclic) bond motifs is 3. The number of nitrogens with zero attached hydrogens (tertiary/aromatic N) is 2. The van der Waals surface area contributed by atoms with E-state index in [0.717, 1.165) is 6.07 Å². The number of hydrogen-bond acceptors (Lipinski definition) is 11. The van der Waals surface area contributed by atoms with E-state index < -0.39 is 60.2 Å². The molecule has 3 unspecified atom stereocenters. The van der Waals surface area contributed by atoms with E-state index in [1.807, 2.05) is 0 Å². The second kappa shape index (κ2) is 7.36. The van der Waals surface area contributed by atoms with Crippen molar-refractivity contribution >= 4 is 23.5 Å². The molecule has 6 atom stereocenters. The van der Waals surface area contributed by atoms with Crippen LogP contribution >= 0.6 is 23.5 Å². The Morgan fingerprint density at radius 2 is 1.82 bits per heavy atom. The molecule has 2 aliphatic rings. The Morgan fingerprint density at radius 1 is 1.14 bits per heavy atom. The van der Waals surface area contributed by atoms with Crippen molar-refractivity contribution in [2.24, 2.45) is 0 Å². The lowest BCUT2D eigenvalue weighted by atomic mass is 10.1. The Kier molecular flexibility index (Phi) is 5.71. The SMILES string of the molecule is O=c1ccn2c(n1)O[C@H]1[C@H]2OC(COP(=O)(O)OP(=O)(O)OP(=O)(O)O)[C@@H]1O. The topological polar surface area (TPSA) is 233 Å². The van der Waals surface area contributed by atoms with Gasteiger partial charge in [-0.05, 0) is 0 Å². The molecule has 16 nitrogen and oxygen atoms in total. The maximum absolute atomic E-state index is 11.7. The highest BCUT2D eigenvalue weighted by atomic mass is 31.3. The molecule has 1 saturated heterocycles. The Hall–Kier alpha value is -0.990. The highest BCUT2D eigenvalue weighted by molar-refractivity contribution is 7.66. The quantitative estimate of drug-likeness (QED) is 0.291. The Balaban J connectivity index is 1.62. The van der Waals surface area contributed by atoms with Gasteiger partial charge in [0.25, 0.3) is 5.56 Å². The monoisotopic (exact) mass is 466 g/mol. The van der Waals surface area contributed by atoms with E-state index in [-0.39, 0.29) is 6.01 Å². The van der Waals surface area contributed by atoms with E-state index in [1.165, 1.54) is 10.8 Å². The van der Waals surface area contributed by atoms with Gasteiger partial charge >= 0.3 is 29.5 Å². The van der Waals surface area contributed by atoms with E-state index in [2.05, 4.69) is 18.1 Å². The van der Waals surface area contributed by atoms with Gasteiger partial charge in [0.15, 0.2) is 12.3 Å². The van der Waals surface area contributed by atoms with Crippen molar-refractivity contribution < 1.29 is 61.0 Å². The van der Waals surface area contributed by atoms with Crippen LogP contribution in [0.15, 0.2) is 17.1 Å². The smallest absolute Gasteiger partial charge is 0.453 e. The number of aliphatic hydroxyl groups is 1.